The van der Waals surface area contributed by atoms with E-state index in [0.717, 1.165) is 30.0 Å². The van der Waals surface area contributed by atoms with Gasteiger partial charge in [0, 0.05) is 25.4 Å². The summed E-state index contributed by atoms with van der Waals surface area (Å²) in [6, 6.07) is 2.02. The lowest BCUT2D eigenvalue weighted by Crippen LogP contribution is -2.16. The van der Waals surface area contributed by atoms with E-state index in [4.69, 9.17) is 11.6 Å². The van der Waals surface area contributed by atoms with Crippen LogP contribution in [0.2, 0.25) is 5.15 Å². The van der Waals surface area contributed by atoms with Gasteiger partial charge in [-0.15, -0.1) is 0 Å². The number of aromatic nitrogens is 4. The lowest BCUT2D eigenvalue weighted by atomic mass is 10.2. The van der Waals surface area contributed by atoms with Gasteiger partial charge in [-0.2, -0.15) is 10.2 Å². The Balaban J connectivity index is 2.21. The van der Waals surface area contributed by atoms with E-state index in [-0.39, 0.29) is 0 Å². The highest BCUT2D eigenvalue weighted by Crippen LogP contribution is 2.20. The summed E-state index contributed by atoms with van der Waals surface area (Å²) in [4.78, 5) is 0. The minimum absolute atomic E-state index is 0.659. The van der Waals surface area contributed by atoms with Crippen molar-refractivity contribution in [3.63, 3.8) is 0 Å². The predicted molar refractivity (Wildman–Crippen MR) is 71.7 cm³/mol. The van der Waals surface area contributed by atoms with E-state index >= 15 is 0 Å². The van der Waals surface area contributed by atoms with E-state index in [0.29, 0.717) is 11.7 Å². The van der Waals surface area contributed by atoms with E-state index in [1.165, 1.54) is 0 Å². The molecule has 0 fully saturated rings. The van der Waals surface area contributed by atoms with Gasteiger partial charge in [-0.25, -0.2) is 0 Å². The summed E-state index contributed by atoms with van der Waals surface area (Å²) in [6.45, 7) is 6.47. The predicted octanol–water partition coefficient (Wildman–Crippen LogP) is 1.74. The number of aryl methyl sites for hydroxylation is 2. The Bertz CT molecular complexity index is 529. The monoisotopic (exact) mass is 267 g/mol. The molecule has 98 valence electrons. The summed E-state index contributed by atoms with van der Waals surface area (Å²) in [7, 11) is 1.85. The topological polar surface area (TPSA) is 47.7 Å². The zero-order valence-electron chi connectivity index (χ0n) is 10.9. The van der Waals surface area contributed by atoms with Crippen LogP contribution < -0.4 is 5.32 Å². The maximum Gasteiger partial charge on any atom is 0.132 e. The average molecular weight is 268 g/mol. The molecule has 5 nitrogen and oxygen atoms in total. The standard InChI is InChI=1S/C12H18ClN5/c1-4-14-7-10-5-6-15-18(10)8-11-9(2)16-17(3)12(11)13/h5-6,14H,4,7-8H2,1-3H3. The molecule has 18 heavy (non-hydrogen) atoms. The maximum atomic E-state index is 6.23. The van der Waals surface area contributed by atoms with Gasteiger partial charge in [0.05, 0.1) is 17.9 Å². The first kappa shape index (κ1) is 13.1. The minimum Gasteiger partial charge on any atom is -0.311 e. The molecule has 2 aromatic heterocycles. The third-order valence-electron chi connectivity index (χ3n) is 2.94. The maximum absolute atomic E-state index is 6.23. The Morgan fingerprint density at radius 2 is 2.22 bits per heavy atom. The van der Waals surface area contributed by atoms with Gasteiger partial charge in [-0.3, -0.25) is 9.36 Å². The van der Waals surface area contributed by atoms with E-state index < -0.39 is 0 Å². The van der Waals surface area contributed by atoms with Crippen LogP contribution in [-0.4, -0.2) is 26.1 Å². The van der Waals surface area contributed by atoms with Crippen LogP contribution in [0.1, 0.15) is 23.9 Å². The van der Waals surface area contributed by atoms with Crippen molar-refractivity contribution >= 4 is 11.6 Å². The average Bonchev–Trinajstić information content (AvgIpc) is 2.87. The number of nitrogens with zero attached hydrogens (tertiary/aromatic N) is 4. The normalized spacial score (nSPS) is 11.1. The van der Waals surface area contributed by atoms with Gasteiger partial charge in [0.2, 0.25) is 0 Å². The Hall–Kier alpha value is -1.33. The van der Waals surface area contributed by atoms with Crippen molar-refractivity contribution < 1.29 is 0 Å². The fourth-order valence-corrected chi connectivity index (χ4v) is 2.14. The molecule has 0 bridgehead atoms. The van der Waals surface area contributed by atoms with Gasteiger partial charge in [-0.1, -0.05) is 18.5 Å². The smallest absolute Gasteiger partial charge is 0.132 e. The highest BCUT2D eigenvalue weighted by molar-refractivity contribution is 6.30. The molecule has 0 aromatic carbocycles. The first-order valence-corrected chi connectivity index (χ1v) is 6.40. The molecule has 2 rings (SSSR count). The second kappa shape index (κ2) is 5.54. The molecule has 0 aliphatic rings. The summed E-state index contributed by atoms with van der Waals surface area (Å²) in [6.07, 6.45) is 1.81. The molecule has 0 aliphatic carbocycles. The van der Waals surface area contributed by atoms with Crippen LogP contribution in [-0.2, 0) is 20.1 Å². The molecule has 0 aliphatic heterocycles. The molecule has 1 N–H and O–H groups in total. The summed E-state index contributed by atoms with van der Waals surface area (Å²) in [5.74, 6) is 0. The van der Waals surface area contributed by atoms with Gasteiger partial charge < -0.3 is 5.32 Å². The molecule has 6 heteroatoms. The van der Waals surface area contributed by atoms with Gasteiger partial charge in [0.15, 0.2) is 0 Å². The lowest BCUT2D eigenvalue weighted by molar-refractivity contribution is 0.604. The highest BCUT2D eigenvalue weighted by atomic mass is 35.5. The summed E-state index contributed by atoms with van der Waals surface area (Å²) in [5.41, 5.74) is 3.13. The van der Waals surface area contributed by atoms with Gasteiger partial charge >= 0.3 is 0 Å². The molecule has 0 atom stereocenters. The first-order chi connectivity index (χ1) is 8.63. The van der Waals surface area contributed by atoms with Gasteiger partial charge in [-0.05, 0) is 19.5 Å². The molecular formula is C12H18ClN5. The van der Waals surface area contributed by atoms with Crippen molar-refractivity contribution in [3.05, 3.63) is 34.4 Å². The fraction of sp³-hybridized carbons (Fsp3) is 0.500. The molecule has 0 saturated carbocycles. The third-order valence-corrected chi connectivity index (χ3v) is 3.41. The number of nitrogens with one attached hydrogen (secondary N) is 1. The lowest BCUT2D eigenvalue weighted by Gasteiger charge is -2.07. The first-order valence-electron chi connectivity index (χ1n) is 6.02. The quantitative estimate of drug-likeness (QED) is 0.898. The third kappa shape index (κ3) is 2.57. The SMILES string of the molecule is CCNCc1ccnn1Cc1c(C)nn(C)c1Cl. The van der Waals surface area contributed by atoms with Crippen LogP contribution in [0.3, 0.4) is 0 Å². The van der Waals surface area contributed by atoms with E-state index in [1.54, 1.807) is 4.68 Å². The second-order valence-corrected chi connectivity index (χ2v) is 4.60. The number of rotatable bonds is 5. The summed E-state index contributed by atoms with van der Waals surface area (Å²) >= 11 is 6.23. The van der Waals surface area contributed by atoms with Gasteiger partial charge in [0.25, 0.3) is 0 Å². The van der Waals surface area contributed by atoms with Crippen LogP contribution in [0.25, 0.3) is 0 Å². The summed E-state index contributed by atoms with van der Waals surface area (Å²) in [5, 5.41) is 12.6. The molecule has 0 unspecified atom stereocenters. The second-order valence-electron chi connectivity index (χ2n) is 4.24. The van der Waals surface area contributed by atoms with Crippen molar-refractivity contribution in [2.45, 2.75) is 26.9 Å². The van der Waals surface area contributed by atoms with Crippen LogP contribution in [0.5, 0.6) is 0 Å². The molecule has 0 saturated heterocycles. The largest absolute Gasteiger partial charge is 0.311 e. The zero-order chi connectivity index (χ0) is 13.1. The Labute approximate surface area is 112 Å². The van der Waals surface area contributed by atoms with Crippen molar-refractivity contribution in [3.8, 4) is 0 Å². The highest BCUT2D eigenvalue weighted by Gasteiger charge is 2.13. The van der Waals surface area contributed by atoms with Gasteiger partial charge in [0.1, 0.15) is 5.15 Å². The number of hydrogen-bond acceptors (Lipinski definition) is 3. The summed E-state index contributed by atoms with van der Waals surface area (Å²) < 4.78 is 3.65. The Morgan fingerprint density at radius 1 is 1.44 bits per heavy atom. The fourth-order valence-electron chi connectivity index (χ4n) is 1.91. The van der Waals surface area contributed by atoms with E-state index in [1.807, 2.05) is 30.9 Å². The number of halogens is 1. The van der Waals surface area contributed by atoms with E-state index in [9.17, 15) is 0 Å². The van der Waals surface area contributed by atoms with Crippen LogP contribution in [0.4, 0.5) is 0 Å². The zero-order valence-corrected chi connectivity index (χ0v) is 11.7. The molecule has 0 radical (unpaired) electrons. The van der Waals surface area contributed by atoms with Crippen molar-refractivity contribution in [2.24, 2.45) is 7.05 Å². The van der Waals surface area contributed by atoms with Crippen LogP contribution >= 0.6 is 11.6 Å². The minimum atomic E-state index is 0.659. The number of hydrogen-bond donors (Lipinski definition) is 1. The molecule has 0 spiro atoms. The molecule has 2 heterocycles. The van der Waals surface area contributed by atoms with Crippen LogP contribution in [0, 0.1) is 6.92 Å². The molecular weight excluding hydrogens is 250 g/mol. The molecule has 0 amide bonds. The molecule has 2 aromatic rings. The van der Waals surface area contributed by atoms with Crippen LogP contribution in [0.15, 0.2) is 12.3 Å². The Morgan fingerprint density at radius 3 is 2.83 bits per heavy atom. The van der Waals surface area contributed by atoms with Crippen molar-refractivity contribution in [2.75, 3.05) is 6.54 Å². The van der Waals surface area contributed by atoms with E-state index in [2.05, 4.69) is 22.4 Å². The van der Waals surface area contributed by atoms with Crippen molar-refractivity contribution in [1.82, 2.24) is 24.9 Å². The Kier molecular flexibility index (Phi) is 4.04. The van der Waals surface area contributed by atoms with Crippen molar-refractivity contribution in [1.29, 1.82) is 0 Å².